The highest BCUT2D eigenvalue weighted by Crippen LogP contribution is 2.46. The normalized spacial score (nSPS) is 20.2. The Hall–Kier alpha value is -6.45. The number of likely N-dealkylation sites (tertiary alicyclic amines) is 1. The number of allylic oxidation sites excluding steroid dienone is 1. The van der Waals surface area contributed by atoms with Gasteiger partial charge in [-0.3, -0.25) is 38.8 Å². The molecule has 14 nitrogen and oxygen atoms in total. The number of hydrogen-bond donors (Lipinski definition) is 2. The van der Waals surface area contributed by atoms with Crippen molar-refractivity contribution in [2.75, 3.05) is 42.9 Å². The van der Waals surface area contributed by atoms with Gasteiger partial charge in [-0.05, 0) is 78.6 Å². The van der Waals surface area contributed by atoms with E-state index in [1.165, 1.54) is 0 Å². The molecule has 2 aromatic carbocycles. The van der Waals surface area contributed by atoms with E-state index < -0.39 is 12.3 Å². The summed E-state index contributed by atoms with van der Waals surface area (Å²) in [6.45, 7) is 6.35. The van der Waals surface area contributed by atoms with Gasteiger partial charge in [0.25, 0.3) is 6.43 Å². The third-order valence-corrected chi connectivity index (χ3v) is 13.8. The van der Waals surface area contributed by atoms with Crippen molar-refractivity contribution in [2.24, 2.45) is 7.05 Å². The van der Waals surface area contributed by atoms with Crippen LogP contribution in [0.5, 0.6) is 0 Å². The number of benzene rings is 2. The van der Waals surface area contributed by atoms with Crippen LogP contribution in [0.4, 0.5) is 26.0 Å². The SMILES string of the molecule is CC(=O)N1CCc2c(c(N3CCCc4cc(C5=CC(C)c6ccncc65)c(C(F)F)cc43)nn2C2CCN(C(=O)CNc3cccc4c(C5CCC(=O)NC5=O)nn(C)c34)CC2)C1. The zero-order valence-electron chi connectivity index (χ0n) is 35.7. The van der Waals surface area contributed by atoms with Crippen LogP contribution in [0.15, 0.2) is 54.9 Å². The molecule has 7 heterocycles. The topological polar surface area (TPSA) is 151 Å². The number of piperidine rings is 2. The highest BCUT2D eigenvalue weighted by molar-refractivity contribution is 6.04. The Bertz CT molecular complexity index is 2730. The predicted molar refractivity (Wildman–Crippen MR) is 233 cm³/mol. The number of aromatic nitrogens is 5. The number of halogens is 2. The number of nitrogens with one attached hydrogen (secondary N) is 2. The number of pyridine rings is 1. The fourth-order valence-corrected chi connectivity index (χ4v) is 10.6. The average molecular weight is 857 g/mol. The van der Waals surface area contributed by atoms with Crippen molar-refractivity contribution < 1.29 is 28.0 Å². The number of para-hydroxylation sites is 1. The van der Waals surface area contributed by atoms with Crippen LogP contribution in [0.3, 0.4) is 0 Å². The average Bonchev–Trinajstić information content (AvgIpc) is 3.95. The molecule has 2 fully saturated rings. The summed E-state index contributed by atoms with van der Waals surface area (Å²) in [5.41, 5.74) is 9.14. The molecule has 4 amide bonds. The van der Waals surface area contributed by atoms with Crippen LogP contribution in [0.2, 0.25) is 0 Å². The molecule has 0 radical (unpaired) electrons. The van der Waals surface area contributed by atoms with E-state index in [0.29, 0.717) is 75.5 Å². The number of nitrogens with zero attached hydrogens (tertiary/aromatic N) is 8. The highest BCUT2D eigenvalue weighted by Gasteiger charge is 2.37. The molecule has 2 saturated heterocycles. The summed E-state index contributed by atoms with van der Waals surface area (Å²) in [4.78, 5) is 61.0. The molecule has 16 heteroatoms. The molecule has 2 N–H and O–H groups in total. The molecule has 2 unspecified atom stereocenters. The molecular formula is C47H50F2N10O4. The fourth-order valence-electron chi connectivity index (χ4n) is 10.6. The maximum absolute atomic E-state index is 15.1. The van der Waals surface area contributed by atoms with Gasteiger partial charge < -0.3 is 20.0 Å². The smallest absolute Gasteiger partial charge is 0.264 e. The van der Waals surface area contributed by atoms with Gasteiger partial charge in [0, 0.05) is 105 Å². The van der Waals surface area contributed by atoms with Crippen LogP contribution in [0, 0.1) is 0 Å². The zero-order valence-corrected chi connectivity index (χ0v) is 35.7. The number of fused-ring (bicyclic) bond motifs is 4. The minimum Gasteiger partial charge on any atom is -0.374 e. The Morgan fingerprint density at radius 2 is 1.79 bits per heavy atom. The van der Waals surface area contributed by atoms with Crippen molar-refractivity contribution in [1.82, 2.24) is 39.7 Å². The van der Waals surface area contributed by atoms with E-state index in [1.54, 1.807) is 37.1 Å². The standard InChI is InChI=1S/C47H50F2N10O4/c1-26-20-33(36-23-50-15-11-30(26)36)34-21-28-6-5-16-58(40(28)22-35(34)45(48)49)46-37-25-57(27(2)60)19-14-39(37)59(54-46)29-12-17-56(18-13-29)42(62)24-51-38-8-4-7-31-43(53-55(3)44(31)38)32-9-10-41(61)52-47(32)63/h4,7-8,11,15,20-23,26,29,32,45,51H,5-6,9-10,12-14,16-19,24-25H2,1-3H3,(H,52,61,63). The first-order valence-corrected chi connectivity index (χ1v) is 22.0. The molecule has 2 atom stereocenters. The lowest BCUT2D eigenvalue weighted by Crippen LogP contribution is -2.42. The summed E-state index contributed by atoms with van der Waals surface area (Å²) >= 11 is 0. The Morgan fingerprint density at radius 1 is 0.968 bits per heavy atom. The largest absolute Gasteiger partial charge is 0.374 e. The van der Waals surface area contributed by atoms with Gasteiger partial charge in [-0.1, -0.05) is 25.1 Å². The van der Waals surface area contributed by atoms with E-state index >= 15 is 8.78 Å². The summed E-state index contributed by atoms with van der Waals surface area (Å²) in [5, 5.41) is 16.5. The second-order valence-corrected chi connectivity index (χ2v) is 17.5. The number of alkyl halides is 2. The van der Waals surface area contributed by atoms with Crippen molar-refractivity contribution in [3.05, 3.63) is 99.6 Å². The van der Waals surface area contributed by atoms with Crippen LogP contribution >= 0.6 is 0 Å². The second kappa shape index (κ2) is 16.0. The molecule has 10 rings (SSSR count). The minimum absolute atomic E-state index is 0.00973. The molecule has 0 spiro atoms. The van der Waals surface area contributed by atoms with Crippen molar-refractivity contribution in [1.29, 1.82) is 0 Å². The lowest BCUT2D eigenvalue weighted by Gasteiger charge is -2.34. The number of rotatable bonds is 8. The summed E-state index contributed by atoms with van der Waals surface area (Å²) in [7, 11) is 1.81. The maximum atomic E-state index is 15.1. The van der Waals surface area contributed by atoms with Gasteiger partial charge >= 0.3 is 0 Å². The first kappa shape index (κ1) is 40.6. The number of hydrogen-bond acceptors (Lipinski definition) is 9. The second-order valence-electron chi connectivity index (χ2n) is 17.5. The van der Waals surface area contributed by atoms with Crippen molar-refractivity contribution in [3.63, 3.8) is 0 Å². The van der Waals surface area contributed by atoms with Crippen LogP contribution < -0.4 is 15.5 Å². The quantitative estimate of drug-likeness (QED) is 0.168. The molecular weight excluding hydrogens is 807 g/mol. The van der Waals surface area contributed by atoms with Crippen molar-refractivity contribution in [3.8, 4) is 0 Å². The Kier molecular flexibility index (Phi) is 10.3. The Balaban J connectivity index is 0.886. The van der Waals surface area contributed by atoms with Crippen LogP contribution in [-0.2, 0) is 45.6 Å². The summed E-state index contributed by atoms with van der Waals surface area (Å²) in [6.07, 6.45) is 7.08. The fraction of sp³-hybridized carbons (Fsp3) is 0.426. The molecule has 0 saturated carbocycles. The van der Waals surface area contributed by atoms with E-state index in [9.17, 15) is 19.2 Å². The van der Waals surface area contributed by atoms with E-state index in [4.69, 9.17) is 5.10 Å². The van der Waals surface area contributed by atoms with Gasteiger partial charge in [-0.15, -0.1) is 0 Å². The number of amides is 4. The van der Waals surface area contributed by atoms with Gasteiger partial charge in [-0.25, -0.2) is 8.78 Å². The predicted octanol–water partition coefficient (Wildman–Crippen LogP) is 6.44. The van der Waals surface area contributed by atoms with E-state index in [1.807, 2.05) is 40.1 Å². The van der Waals surface area contributed by atoms with Crippen molar-refractivity contribution >= 4 is 57.3 Å². The molecule has 5 aromatic rings. The first-order valence-electron chi connectivity index (χ1n) is 22.0. The van der Waals surface area contributed by atoms with Crippen LogP contribution in [0.1, 0.15) is 115 Å². The van der Waals surface area contributed by atoms with E-state index in [0.717, 1.165) is 68.6 Å². The van der Waals surface area contributed by atoms with Gasteiger partial charge in [0.2, 0.25) is 23.6 Å². The molecule has 326 valence electrons. The Morgan fingerprint density at radius 3 is 2.57 bits per heavy atom. The van der Waals surface area contributed by atoms with Crippen LogP contribution in [-0.4, -0.2) is 90.7 Å². The number of carbonyl (C=O) groups is 4. The monoisotopic (exact) mass is 856 g/mol. The minimum atomic E-state index is -2.70. The molecule has 4 aliphatic heterocycles. The molecule has 5 aliphatic rings. The molecule has 3 aromatic heterocycles. The number of anilines is 3. The zero-order chi connectivity index (χ0) is 43.7. The Labute approximate surface area is 363 Å². The van der Waals surface area contributed by atoms with E-state index in [-0.39, 0.29) is 54.1 Å². The lowest BCUT2D eigenvalue weighted by atomic mass is 9.90. The maximum Gasteiger partial charge on any atom is 0.264 e. The summed E-state index contributed by atoms with van der Waals surface area (Å²) in [6, 6.07) is 11.3. The third-order valence-electron chi connectivity index (χ3n) is 13.8. The highest BCUT2D eigenvalue weighted by atomic mass is 19.3. The molecule has 0 bridgehead atoms. The van der Waals surface area contributed by atoms with Gasteiger partial charge in [0.1, 0.15) is 0 Å². The molecule has 63 heavy (non-hydrogen) atoms. The van der Waals surface area contributed by atoms with Crippen molar-refractivity contribution in [2.45, 2.75) is 89.6 Å². The van der Waals surface area contributed by atoms with Gasteiger partial charge in [-0.2, -0.15) is 10.2 Å². The van der Waals surface area contributed by atoms with Gasteiger partial charge in [0.15, 0.2) is 5.82 Å². The lowest BCUT2D eigenvalue weighted by molar-refractivity contribution is -0.134. The van der Waals surface area contributed by atoms with Crippen LogP contribution in [0.25, 0.3) is 16.5 Å². The number of aryl methyl sites for hydroxylation is 2. The van der Waals surface area contributed by atoms with Gasteiger partial charge in [0.05, 0.1) is 41.9 Å². The summed E-state index contributed by atoms with van der Waals surface area (Å²) < 4.78 is 34.1. The van der Waals surface area contributed by atoms with E-state index in [2.05, 4.69) is 43.3 Å². The first-order chi connectivity index (χ1) is 30.4. The third kappa shape index (κ3) is 7.12. The number of imide groups is 1. The summed E-state index contributed by atoms with van der Waals surface area (Å²) in [5.74, 6) is -0.419. The number of carbonyl (C=O) groups excluding carboxylic acids is 4. The molecule has 1 aliphatic carbocycles.